The van der Waals surface area contributed by atoms with E-state index in [1.807, 2.05) is 0 Å². The third-order valence-electron chi connectivity index (χ3n) is 2.82. The van der Waals surface area contributed by atoms with Gasteiger partial charge in [0.15, 0.2) is 0 Å². The van der Waals surface area contributed by atoms with Crippen molar-refractivity contribution in [1.82, 2.24) is 0 Å². The quantitative estimate of drug-likeness (QED) is 0.801. The van der Waals surface area contributed by atoms with E-state index < -0.39 is 11.4 Å². The Hall–Kier alpha value is -1.42. The lowest BCUT2D eigenvalue weighted by molar-refractivity contribution is -0.150. The Morgan fingerprint density at radius 1 is 1.41 bits per heavy atom. The average Bonchev–Trinajstić information content (AvgIpc) is 2.30. The molecular weight excluding hydrogens is 223 g/mol. The van der Waals surface area contributed by atoms with Crippen molar-refractivity contribution in [3.05, 3.63) is 35.6 Å². The van der Waals surface area contributed by atoms with Crippen LogP contribution in [0.2, 0.25) is 0 Å². The van der Waals surface area contributed by atoms with E-state index in [1.165, 1.54) is 12.1 Å². The van der Waals surface area contributed by atoms with Crippen LogP contribution in [0.25, 0.3) is 0 Å². The van der Waals surface area contributed by atoms with Gasteiger partial charge >= 0.3 is 5.97 Å². The standard InChI is InChI=1S/C13H17FO3/c1-3-17-12(16)13(2,8-9-15)10-4-6-11(14)7-5-10/h4-7,15H,3,8-9H2,1-2H3. The van der Waals surface area contributed by atoms with E-state index in [2.05, 4.69) is 0 Å². The molecule has 0 aromatic heterocycles. The van der Waals surface area contributed by atoms with Gasteiger partial charge in [0.25, 0.3) is 0 Å². The van der Waals surface area contributed by atoms with Gasteiger partial charge in [0, 0.05) is 6.61 Å². The molecule has 0 saturated carbocycles. The van der Waals surface area contributed by atoms with E-state index in [0.717, 1.165) is 0 Å². The van der Waals surface area contributed by atoms with Crippen LogP contribution < -0.4 is 0 Å². The zero-order valence-corrected chi connectivity index (χ0v) is 10.1. The van der Waals surface area contributed by atoms with Crippen LogP contribution in [0.3, 0.4) is 0 Å². The number of aliphatic hydroxyl groups is 1. The van der Waals surface area contributed by atoms with Crippen molar-refractivity contribution in [1.29, 1.82) is 0 Å². The predicted octanol–water partition coefficient (Wildman–Crippen LogP) is 2.03. The third-order valence-corrected chi connectivity index (χ3v) is 2.82. The number of rotatable bonds is 5. The Balaban J connectivity index is 3.06. The fourth-order valence-corrected chi connectivity index (χ4v) is 1.70. The molecule has 0 aliphatic rings. The van der Waals surface area contributed by atoms with E-state index in [1.54, 1.807) is 26.0 Å². The SMILES string of the molecule is CCOC(=O)C(C)(CCO)c1ccc(F)cc1. The molecule has 0 fully saturated rings. The zero-order valence-electron chi connectivity index (χ0n) is 10.1. The van der Waals surface area contributed by atoms with Crippen LogP contribution >= 0.6 is 0 Å². The van der Waals surface area contributed by atoms with Gasteiger partial charge in [-0.15, -0.1) is 0 Å². The molecule has 4 heteroatoms. The Kier molecular flexibility index (Phi) is 4.63. The van der Waals surface area contributed by atoms with Gasteiger partial charge in [-0.05, 0) is 38.0 Å². The van der Waals surface area contributed by atoms with Crippen molar-refractivity contribution in [2.75, 3.05) is 13.2 Å². The number of carbonyl (C=O) groups is 1. The van der Waals surface area contributed by atoms with Crippen LogP contribution in [0.15, 0.2) is 24.3 Å². The summed E-state index contributed by atoms with van der Waals surface area (Å²) in [4.78, 5) is 11.9. The summed E-state index contributed by atoms with van der Waals surface area (Å²) in [6.45, 7) is 3.56. The average molecular weight is 240 g/mol. The summed E-state index contributed by atoms with van der Waals surface area (Å²) in [6.07, 6.45) is 0.247. The molecule has 0 spiro atoms. The molecule has 1 aromatic carbocycles. The molecule has 0 aliphatic heterocycles. The van der Waals surface area contributed by atoms with Crippen molar-refractivity contribution in [3.63, 3.8) is 0 Å². The molecule has 94 valence electrons. The van der Waals surface area contributed by atoms with Crippen LogP contribution in [-0.2, 0) is 14.9 Å². The Morgan fingerprint density at radius 3 is 2.47 bits per heavy atom. The second-order valence-electron chi connectivity index (χ2n) is 4.03. The molecule has 0 heterocycles. The molecule has 1 aromatic rings. The van der Waals surface area contributed by atoms with Crippen molar-refractivity contribution in [3.8, 4) is 0 Å². The molecule has 0 radical (unpaired) electrons. The van der Waals surface area contributed by atoms with Crippen LogP contribution in [-0.4, -0.2) is 24.3 Å². The normalized spacial score (nSPS) is 14.1. The van der Waals surface area contributed by atoms with Gasteiger partial charge in [-0.1, -0.05) is 12.1 Å². The minimum atomic E-state index is -0.932. The number of esters is 1. The topological polar surface area (TPSA) is 46.5 Å². The van der Waals surface area contributed by atoms with Crippen LogP contribution in [0.5, 0.6) is 0 Å². The highest BCUT2D eigenvalue weighted by Gasteiger charge is 2.36. The summed E-state index contributed by atoms with van der Waals surface area (Å²) in [5, 5.41) is 9.05. The first-order chi connectivity index (χ1) is 8.04. The highest BCUT2D eigenvalue weighted by atomic mass is 19.1. The number of ether oxygens (including phenoxy) is 1. The molecule has 0 bridgehead atoms. The lowest BCUT2D eigenvalue weighted by Gasteiger charge is -2.26. The summed E-state index contributed by atoms with van der Waals surface area (Å²) in [5.74, 6) is -0.760. The van der Waals surface area contributed by atoms with Gasteiger partial charge in [-0.2, -0.15) is 0 Å². The van der Waals surface area contributed by atoms with E-state index in [9.17, 15) is 9.18 Å². The van der Waals surface area contributed by atoms with Gasteiger partial charge in [0.2, 0.25) is 0 Å². The van der Waals surface area contributed by atoms with Gasteiger partial charge in [-0.3, -0.25) is 4.79 Å². The van der Waals surface area contributed by atoms with Crippen LogP contribution in [0.1, 0.15) is 25.8 Å². The van der Waals surface area contributed by atoms with E-state index in [-0.39, 0.29) is 25.5 Å². The maximum atomic E-state index is 12.8. The molecule has 1 unspecified atom stereocenters. The van der Waals surface area contributed by atoms with Crippen molar-refractivity contribution >= 4 is 5.97 Å². The summed E-state index contributed by atoms with van der Waals surface area (Å²) in [7, 11) is 0. The summed E-state index contributed by atoms with van der Waals surface area (Å²) >= 11 is 0. The molecule has 3 nitrogen and oxygen atoms in total. The molecular formula is C13H17FO3. The molecule has 0 saturated heterocycles. The molecule has 1 rings (SSSR count). The number of halogens is 1. The fraction of sp³-hybridized carbons (Fsp3) is 0.462. The highest BCUT2D eigenvalue weighted by Crippen LogP contribution is 2.29. The van der Waals surface area contributed by atoms with Gasteiger partial charge < -0.3 is 9.84 Å². The molecule has 0 aliphatic carbocycles. The number of aliphatic hydroxyl groups excluding tert-OH is 1. The van der Waals surface area contributed by atoms with Crippen LogP contribution in [0.4, 0.5) is 4.39 Å². The lowest BCUT2D eigenvalue weighted by atomic mass is 9.80. The predicted molar refractivity (Wildman–Crippen MR) is 62.1 cm³/mol. The van der Waals surface area contributed by atoms with Gasteiger partial charge in [-0.25, -0.2) is 4.39 Å². The number of benzene rings is 1. The van der Waals surface area contributed by atoms with Crippen LogP contribution in [0, 0.1) is 5.82 Å². The molecule has 1 atom stereocenters. The monoisotopic (exact) mass is 240 g/mol. The highest BCUT2D eigenvalue weighted by molar-refractivity contribution is 5.82. The maximum Gasteiger partial charge on any atom is 0.316 e. The van der Waals surface area contributed by atoms with Crippen molar-refractivity contribution in [2.45, 2.75) is 25.7 Å². The van der Waals surface area contributed by atoms with Crippen molar-refractivity contribution < 1.29 is 19.0 Å². The largest absolute Gasteiger partial charge is 0.465 e. The second kappa shape index (κ2) is 5.77. The van der Waals surface area contributed by atoms with E-state index in [0.29, 0.717) is 5.56 Å². The molecule has 0 amide bonds. The van der Waals surface area contributed by atoms with E-state index >= 15 is 0 Å². The fourth-order valence-electron chi connectivity index (χ4n) is 1.70. The first-order valence-corrected chi connectivity index (χ1v) is 5.58. The summed E-state index contributed by atoms with van der Waals surface area (Å²) < 4.78 is 17.8. The Morgan fingerprint density at radius 2 is 2.00 bits per heavy atom. The smallest absolute Gasteiger partial charge is 0.316 e. The Bertz CT molecular complexity index is 375. The number of hydrogen-bond acceptors (Lipinski definition) is 3. The number of hydrogen-bond donors (Lipinski definition) is 1. The minimum absolute atomic E-state index is 0.132. The minimum Gasteiger partial charge on any atom is -0.465 e. The zero-order chi connectivity index (χ0) is 12.9. The maximum absolute atomic E-state index is 12.8. The third kappa shape index (κ3) is 3.03. The van der Waals surface area contributed by atoms with Gasteiger partial charge in [0.1, 0.15) is 5.82 Å². The summed E-state index contributed by atoms with van der Waals surface area (Å²) in [6, 6.07) is 5.68. The second-order valence-corrected chi connectivity index (χ2v) is 4.03. The molecule has 17 heavy (non-hydrogen) atoms. The van der Waals surface area contributed by atoms with E-state index in [4.69, 9.17) is 9.84 Å². The first kappa shape index (κ1) is 13.6. The number of carbonyl (C=O) groups excluding carboxylic acids is 1. The Labute approximate surface area is 100 Å². The summed E-state index contributed by atoms with van der Waals surface area (Å²) in [5.41, 5.74) is -0.287. The first-order valence-electron chi connectivity index (χ1n) is 5.58. The van der Waals surface area contributed by atoms with Crippen molar-refractivity contribution in [2.24, 2.45) is 0 Å². The lowest BCUT2D eigenvalue weighted by Crippen LogP contribution is -2.35. The molecule has 1 N–H and O–H groups in total. The van der Waals surface area contributed by atoms with Gasteiger partial charge in [0.05, 0.1) is 12.0 Å².